The van der Waals surface area contributed by atoms with Gasteiger partial charge in [-0.05, 0) is 49.6 Å². The van der Waals surface area contributed by atoms with Crippen molar-refractivity contribution in [3.8, 4) is 0 Å². The molecule has 0 atom stereocenters. The number of hydrogen-bond acceptors (Lipinski definition) is 1. The molecule has 0 amide bonds. The van der Waals surface area contributed by atoms with Crippen molar-refractivity contribution >= 4 is 31.8 Å². The first-order valence-corrected chi connectivity index (χ1v) is 3.83. The van der Waals surface area contributed by atoms with Crippen LogP contribution < -0.4 is 0 Å². The number of carbonyl (C=O) groups is 1. The Hall–Kier alpha value is -0.440. The monoisotopic (exact) mass is 279 g/mol. The Kier molecular flexibility index (Phi) is 4.54. The van der Waals surface area contributed by atoms with Crippen LogP contribution in [0.25, 0.3) is 0 Å². The average molecular weight is 279 g/mol. The molecule has 0 bridgehead atoms. The summed E-state index contributed by atoms with van der Waals surface area (Å²) in [6.07, 6.45) is 0. The summed E-state index contributed by atoms with van der Waals surface area (Å²) in [5, 5.41) is 8.72. The molecule has 0 saturated heterocycles. The van der Waals surface area contributed by atoms with Gasteiger partial charge in [-0.1, -0.05) is 0 Å². The van der Waals surface area contributed by atoms with E-state index in [4.69, 9.17) is 5.11 Å². The number of rotatable bonds is 1. The van der Waals surface area contributed by atoms with E-state index in [9.17, 15) is 4.79 Å². The van der Waals surface area contributed by atoms with Gasteiger partial charge >= 0.3 is 5.97 Å². The number of carboxylic acids is 1. The Bertz CT molecular complexity index is 309. The maximum atomic E-state index is 10.6. The maximum absolute atomic E-state index is 10.6. The van der Waals surface area contributed by atoms with Crippen LogP contribution >= 0.6 is 0 Å². The molecule has 0 aliphatic rings. The summed E-state index contributed by atoms with van der Waals surface area (Å²) in [6, 6.07) is 3.40. The molecule has 3 heteroatoms. The molecule has 3 radical (unpaired) electrons. The van der Waals surface area contributed by atoms with E-state index in [0.29, 0.717) is 5.56 Å². The predicted molar refractivity (Wildman–Crippen MR) is 53.4 cm³/mol. The third-order valence-electron chi connectivity index (χ3n) is 2.17. The standard InChI is InChI=1S/C10H12O2.In/c1-6-4-9(10(11)12)5-7(2)8(6)3;/h4-5H,1-3H3,(H,11,12);. The Labute approximate surface area is 96.8 Å². The molecule has 67 valence electrons. The molecule has 1 N–H and O–H groups in total. The number of carboxylic acid groups (broad SMARTS) is 1. The minimum absolute atomic E-state index is 0. The van der Waals surface area contributed by atoms with Crippen molar-refractivity contribution in [3.63, 3.8) is 0 Å². The molecule has 0 unspecified atom stereocenters. The van der Waals surface area contributed by atoms with E-state index in [2.05, 4.69) is 0 Å². The molecule has 0 aliphatic carbocycles. The zero-order chi connectivity index (χ0) is 9.30. The van der Waals surface area contributed by atoms with Crippen LogP contribution in [0.3, 0.4) is 0 Å². The van der Waals surface area contributed by atoms with Crippen molar-refractivity contribution in [1.82, 2.24) is 0 Å². The summed E-state index contributed by atoms with van der Waals surface area (Å²) in [5.74, 6) is -0.860. The van der Waals surface area contributed by atoms with Gasteiger partial charge in [0, 0.05) is 25.8 Å². The van der Waals surface area contributed by atoms with Gasteiger partial charge in [0.15, 0.2) is 0 Å². The fraction of sp³-hybridized carbons (Fsp3) is 0.300. The van der Waals surface area contributed by atoms with E-state index >= 15 is 0 Å². The van der Waals surface area contributed by atoms with E-state index < -0.39 is 5.97 Å². The van der Waals surface area contributed by atoms with Crippen molar-refractivity contribution in [1.29, 1.82) is 0 Å². The SMILES string of the molecule is Cc1cc(C(=O)O)cc(C)c1C.[In]. The van der Waals surface area contributed by atoms with Gasteiger partial charge in [-0.2, -0.15) is 0 Å². The van der Waals surface area contributed by atoms with Crippen LogP contribution in [0.1, 0.15) is 27.0 Å². The predicted octanol–water partition coefficient (Wildman–Crippen LogP) is 1.93. The molecule has 0 saturated carbocycles. The second kappa shape index (κ2) is 4.70. The van der Waals surface area contributed by atoms with Crippen LogP contribution in [0.4, 0.5) is 0 Å². The third-order valence-corrected chi connectivity index (χ3v) is 2.17. The van der Waals surface area contributed by atoms with Gasteiger partial charge in [-0.3, -0.25) is 0 Å². The third kappa shape index (κ3) is 2.76. The smallest absolute Gasteiger partial charge is 0.335 e. The Morgan fingerprint density at radius 2 is 1.54 bits per heavy atom. The number of benzene rings is 1. The second-order valence-corrected chi connectivity index (χ2v) is 3.04. The second-order valence-electron chi connectivity index (χ2n) is 3.04. The first kappa shape index (κ1) is 12.6. The van der Waals surface area contributed by atoms with Crippen molar-refractivity contribution < 1.29 is 9.90 Å². The molecular weight excluding hydrogens is 267 g/mol. The van der Waals surface area contributed by atoms with Crippen molar-refractivity contribution in [2.45, 2.75) is 20.8 Å². The molecular formula is C10H12InO2. The van der Waals surface area contributed by atoms with Crippen LogP contribution in [0.2, 0.25) is 0 Å². The van der Waals surface area contributed by atoms with E-state index in [1.165, 1.54) is 5.56 Å². The van der Waals surface area contributed by atoms with E-state index in [-0.39, 0.29) is 25.8 Å². The van der Waals surface area contributed by atoms with Gasteiger partial charge < -0.3 is 5.11 Å². The molecule has 1 aromatic carbocycles. The first-order chi connectivity index (χ1) is 5.52. The summed E-state index contributed by atoms with van der Waals surface area (Å²) >= 11 is 0. The zero-order valence-electron chi connectivity index (χ0n) is 8.09. The minimum atomic E-state index is -0.860. The summed E-state index contributed by atoms with van der Waals surface area (Å²) < 4.78 is 0. The van der Waals surface area contributed by atoms with Crippen molar-refractivity contribution in [2.75, 3.05) is 0 Å². The van der Waals surface area contributed by atoms with E-state index in [1.807, 2.05) is 20.8 Å². The molecule has 0 aliphatic heterocycles. The van der Waals surface area contributed by atoms with E-state index in [0.717, 1.165) is 11.1 Å². The Balaban J connectivity index is 0.00000144. The number of hydrogen-bond donors (Lipinski definition) is 1. The van der Waals surface area contributed by atoms with Gasteiger partial charge in [0.1, 0.15) is 0 Å². The molecule has 13 heavy (non-hydrogen) atoms. The van der Waals surface area contributed by atoms with Gasteiger partial charge in [-0.15, -0.1) is 0 Å². The van der Waals surface area contributed by atoms with Crippen LogP contribution in [-0.4, -0.2) is 36.9 Å². The fourth-order valence-corrected chi connectivity index (χ4v) is 1.16. The van der Waals surface area contributed by atoms with Gasteiger partial charge in [0.05, 0.1) is 5.56 Å². The average Bonchev–Trinajstić information content (AvgIpc) is 1.99. The van der Waals surface area contributed by atoms with E-state index in [1.54, 1.807) is 12.1 Å². The normalized spacial score (nSPS) is 9.15. The quantitative estimate of drug-likeness (QED) is 0.852. The zero-order valence-corrected chi connectivity index (χ0v) is 11.4. The van der Waals surface area contributed by atoms with Crippen LogP contribution in [0.15, 0.2) is 12.1 Å². The summed E-state index contributed by atoms with van der Waals surface area (Å²) in [4.78, 5) is 10.6. The van der Waals surface area contributed by atoms with Crippen molar-refractivity contribution in [2.24, 2.45) is 0 Å². The Morgan fingerprint density at radius 1 is 1.15 bits per heavy atom. The number of aryl methyl sites for hydroxylation is 2. The van der Waals surface area contributed by atoms with Crippen LogP contribution in [0.5, 0.6) is 0 Å². The van der Waals surface area contributed by atoms with Crippen molar-refractivity contribution in [3.05, 3.63) is 34.4 Å². The molecule has 0 fully saturated rings. The topological polar surface area (TPSA) is 37.3 Å². The van der Waals surface area contributed by atoms with Gasteiger partial charge in [-0.25, -0.2) is 4.79 Å². The van der Waals surface area contributed by atoms with Crippen LogP contribution in [0, 0.1) is 20.8 Å². The summed E-state index contributed by atoms with van der Waals surface area (Å²) in [5.41, 5.74) is 3.61. The molecule has 1 aromatic rings. The molecule has 1 rings (SSSR count). The minimum Gasteiger partial charge on any atom is -0.478 e. The Morgan fingerprint density at radius 3 is 1.85 bits per heavy atom. The summed E-state index contributed by atoms with van der Waals surface area (Å²) in [7, 11) is 0. The molecule has 0 heterocycles. The summed E-state index contributed by atoms with van der Waals surface area (Å²) in [6.45, 7) is 5.85. The molecule has 0 spiro atoms. The van der Waals surface area contributed by atoms with Crippen LogP contribution in [-0.2, 0) is 0 Å². The maximum Gasteiger partial charge on any atom is 0.335 e. The van der Waals surface area contributed by atoms with Gasteiger partial charge in [0.2, 0.25) is 0 Å². The molecule has 2 nitrogen and oxygen atoms in total. The molecule has 0 aromatic heterocycles. The first-order valence-electron chi connectivity index (χ1n) is 3.83. The number of aromatic carboxylic acids is 1. The van der Waals surface area contributed by atoms with Gasteiger partial charge in [0.25, 0.3) is 0 Å². The fourth-order valence-electron chi connectivity index (χ4n) is 1.16. The largest absolute Gasteiger partial charge is 0.478 e.